The van der Waals surface area contributed by atoms with Crippen LogP contribution in [0.3, 0.4) is 0 Å². The molecule has 1 saturated heterocycles. The fourth-order valence-corrected chi connectivity index (χ4v) is 3.92. The van der Waals surface area contributed by atoms with Gasteiger partial charge in [-0.25, -0.2) is 4.98 Å². The summed E-state index contributed by atoms with van der Waals surface area (Å²) in [4.78, 5) is 16.7. The number of hydrogen-bond donors (Lipinski definition) is 2. The summed E-state index contributed by atoms with van der Waals surface area (Å²) in [6.07, 6.45) is 7.06. The molecule has 1 saturated carbocycles. The maximum Gasteiger partial charge on any atom is 0.251 e. The summed E-state index contributed by atoms with van der Waals surface area (Å²) in [5.74, 6) is 1.46. The van der Waals surface area contributed by atoms with Crippen molar-refractivity contribution in [3.63, 3.8) is 0 Å². The molecule has 144 valence electrons. The van der Waals surface area contributed by atoms with Crippen molar-refractivity contribution in [2.24, 2.45) is 5.41 Å². The van der Waals surface area contributed by atoms with Gasteiger partial charge in [-0.05, 0) is 56.6 Å². The molecule has 2 aliphatic rings. The predicted molar refractivity (Wildman–Crippen MR) is 102 cm³/mol. The molecule has 1 amide bonds. The molecule has 1 atom stereocenters. The Morgan fingerprint density at radius 2 is 1.96 bits per heavy atom. The largest absolute Gasteiger partial charge is 0.419 e. The van der Waals surface area contributed by atoms with E-state index in [2.05, 4.69) is 39.7 Å². The second-order valence-corrected chi connectivity index (χ2v) is 8.73. The molecular formula is C20H27N5O2. The fraction of sp³-hybridized carbons (Fsp3) is 0.600. The van der Waals surface area contributed by atoms with Crippen molar-refractivity contribution in [3.8, 4) is 11.5 Å². The maximum atomic E-state index is 12.2. The quantitative estimate of drug-likeness (QED) is 0.859. The highest BCUT2D eigenvalue weighted by molar-refractivity contribution is 5.88. The summed E-state index contributed by atoms with van der Waals surface area (Å²) in [5.41, 5.74) is 0.447. The van der Waals surface area contributed by atoms with Crippen LogP contribution in [-0.4, -0.2) is 33.7 Å². The second-order valence-electron chi connectivity index (χ2n) is 8.73. The minimum atomic E-state index is -0.754. The number of rotatable bonds is 4. The van der Waals surface area contributed by atoms with Crippen LogP contribution in [0.4, 0.5) is 5.82 Å². The molecule has 0 spiro atoms. The van der Waals surface area contributed by atoms with Crippen LogP contribution in [0.15, 0.2) is 22.7 Å². The van der Waals surface area contributed by atoms with Crippen LogP contribution in [0.25, 0.3) is 11.5 Å². The van der Waals surface area contributed by atoms with Crippen LogP contribution in [0, 0.1) is 5.41 Å². The van der Waals surface area contributed by atoms with E-state index in [1.54, 1.807) is 6.20 Å². The van der Waals surface area contributed by atoms with E-state index >= 15 is 0 Å². The Labute approximate surface area is 159 Å². The summed E-state index contributed by atoms with van der Waals surface area (Å²) in [6.45, 7) is 7.13. The zero-order chi connectivity index (χ0) is 19.1. The average molecular weight is 369 g/mol. The van der Waals surface area contributed by atoms with Gasteiger partial charge in [0.25, 0.3) is 5.89 Å². The van der Waals surface area contributed by atoms with Gasteiger partial charge in [0.2, 0.25) is 11.8 Å². The smallest absolute Gasteiger partial charge is 0.251 e. The van der Waals surface area contributed by atoms with Crippen LogP contribution >= 0.6 is 0 Å². The van der Waals surface area contributed by atoms with Gasteiger partial charge in [-0.3, -0.25) is 4.79 Å². The first kappa shape index (κ1) is 17.9. The number of anilines is 1. The number of nitrogens with one attached hydrogen (secondary N) is 2. The summed E-state index contributed by atoms with van der Waals surface area (Å²) in [5, 5.41) is 14.8. The Balaban J connectivity index is 1.56. The normalized spacial score (nSPS) is 25.4. The molecular weight excluding hydrogens is 342 g/mol. The van der Waals surface area contributed by atoms with Crippen LogP contribution in [0.2, 0.25) is 0 Å². The van der Waals surface area contributed by atoms with E-state index in [0.717, 1.165) is 24.2 Å². The average Bonchev–Trinajstić information content (AvgIpc) is 3.26. The van der Waals surface area contributed by atoms with Crippen molar-refractivity contribution in [2.75, 3.05) is 11.9 Å². The summed E-state index contributed by atoms with van der Waals surface area (Å²) in [6, 6.07) is 4.18. The highest BCUT2D eigenvalue weighted by Crippen LogP contribution is 2.37. The number of carbonyl (C=O) groups is 1. The van der Waals surface area contributed by atoms with Crippen molar-refractivity contribution in [2.45, 2.75) is 64.3 Å². The van der Waals surface area contributed by atoms with E-state index < -0.39 is 5.41 Å². The molecule has 1 aliphatic heterocycles. The standard InChI is InChI=1S/C20H27N5O2/c1-19(2)8-6-13(7-9-19)23-15-14(5-4-11-21-15)16-24-25-18(27-16)20(3)10-12-22-17(20)26/h4-5,11,13H,6-10,12H2,1-3H3,(H,21,23)(H,22,26)/t20-/m0/s1. The van der Waals surface area contributed by atoms with Gasteiger partial charge in [0.1, 0.15) is 11.2 Å². The molecule has 4 rings (SSSR count). The third-order valence-corrected chi connectivity index (χ3v) is 6.03. The van der Waals surface area contributed by atoms with Gasteiger partial charge in [0.15, 0.2) is 0 Å². The number of hydrogen-bond acceptors (Lipinski definition) is 6. The summed E-state index contributed by atoms with van der Waals surface area (Å²) >= 11 is 0. The van der Waals surface area contributed by atoms with Crippen LogP contribution in [0.1, 0.15) is 58.8 Å². The van der Waals surface area contributed by atoms with Crippen LogP contribution in [-0.2, 0) is 10.2 Å². The fourth-order valence-electron chi connectivity index (χ4n) is 3.92. The van der Waals surface area contributed by atoms with Gasteiger partial charge in [-0.15, -0.1) is 10.2 Å². The molecule has 3 heterocycles. The minimum absolute atomic E-state index is 0.0629. The van der Waals surface area contributed by atoms with Gasteiger partial charge in [0.05, 0.1) is 5.56 Å². The lowest BCUT2D eigenvalue weighted by Crippen LogP contribution is -2.32. The Bertz CT molecular complexity index is 836. The Morgan fingerprint density at radius 1 is 1.19 bits per heavy atom. The van der Waals surface area contributed by atoms with E-state index in [4.69, 9.17) is 4.42 Å². The molecule has 2 aromatic rings. The molecule has 0 aromatic carbocycles. The van der Waals surface area contributed by atoms with Gasteiger partial charge in [-0.1, -0.05) is 13.8 Å². The molecule has 27 heavy (non-hydrogen) atoms. The lowest BCUT2D eigenvalue weighted by atomic mass is 9.75. The molecule has 2 N–H and O–H groups in total. The zero-order valence-corrected chi connectivity index (χ0v) is 16.2. The summed E-state index contributed by atoms with van der Waals surface area (Å²) in [7, 11) is 0. The SMILES string of the molecule is CC1(C)CCC(Nc2ncccc2-c2nnc([C@@]3(C)CCNC3=O)o2)CC1. The van der Waals surface area contributed by atoms with E-state index in [-0.39, 0.29) is 5.91 Å². The van der Waals surface area contributed by atoms with E-state index in [1.807, 2.05) is 19.1 Å². The molecule has 1 aliphatic carbocycles. The Kier molecular flexibility index (Phi) is 4.40. The molecule has 2 fully saturated rings. The van der Waals surface area contributed by atoms with Crippen molar-refractivity contribution >= 4 is 11.7 Å². The number of nitrogens with zero attached hydrogens (tertiary/aromatic N) is 3. The molecule has 0 bridgehead atoms. The highest BCUT2D eigenvalue weighted by Gasteiger charge is 2.44. The number of pyridine rings is 1. The second kappa shape index (κ2) is 6.62. The molecule has 7 nitrogen and oxygen atoms in total. The van der Waals surface area contributed by atoms with Gasteiger partial charge in [-0.2, -0.15) is 0 Å². The highest BCUT2D eigenvalue weighted by atomic mass is 16.4. The van der Waals surface area contributed by atoms with E-state index in [1.165, 1.54) is 12.8 Å². The lowest BCUT2D eigenvalue weighted by molar-refractivity contribution is -0.124. The maximum absolute atomic E-state index is 12.2. The molecule has 2 aromatic heterocycles. The van der Waals surface area contributed by atoms with Gasteiger partial charge < -0.3 is 15.1 Å². The number of amides is 1. The van der Waals surface area contributed by atoms with Crippen LogP contribution < -0.4 is 10.6 Å². The van der Waals surface area contributed by atoms with Crippen molar-refractivity contribution < 1.29 is 9.21 Å². The Morgan fingerprint density at radius 3 is 2.67 bits per heavy atom. The summed E-state index contributed by atoms with van der Waals surface area (Å²) < 4.78 is 5.93. The Hall–Kier alpha value is -2.44. The topological polar surface area (TPSA) is 92.9 Å². The van der Waals surface area contributed by atoms with Crippen molar-refractivity contribution in [1.82, 2.24) is 20.5 Å². The predicted octanol–water partition coefficient (Wildman–Crippen LogP) is 3.29. The number of carbonyl (C=O) groups excluding carboxylic acids is 1. The zero-order valence-electron chi connectivity index (χ0n) is 16.2. The van der Waals surface area contributed by atoms with Crippen molar-refractivity contribution in [3.05, 3.63) is 24.2 Å². The third kappa shape index (κ3) is 3.42. The molecule has 0 radical (unpaired) electrons. The number of aromatic nitrogens is 3. The van der Waals surface area contributed by atoms with E-state index in [9.17, 15) is 4.79 Å². The monoisotopic (exact) mass is 369 g/mol. The van der Waals surface area contributed by atoms with Gasteiger partial charge >= 0.3 is 0 Å². The first-order chi connectivity index (χ1) is 12.9. The lowest BCUT2D eigenvalue weighted by Gasteiger charge is -2.35. The van der Waals surface area contributed by atoms with E-state index in [0.29, 0.717) is 36.2 Å². The van der Waals surface area contributed by atoms with Gasteiger partial charge in [0, 0.05) is 18.8 Å². The molecule has 0 unspecified atom stereocenters. The third-order valence-electron chi connectivity index (χ3n) is 6.03. The first-order valence-electron chi connectivity index (χ1n) is 9.72. The molecule has 7 heteroatoms. The van der Waals surface area contributed by atoms with Crippen molar-refractivity contribution in [1.29, 1.82) is 0 Å². The first-order valence-corrected chi connectivity index (χ1v) is 9.72. The minimum Gasteiger partial charge on any atom is -0.419 e. The van der Waals surface area contributed by atoms with Crippen LogP contribution in [0.5, 0.6) is 0 Å².